The number of oxazole rings is 1. The van der Waals surface area contributed by atoms with Crippen molar-refractivity contribution in [2.45, 2.75) is 49.3 Å². The fraction of sp³-hybridized carbons (Fsp3) is 0.533. The Morgan fingerprint density at radius 3 is 2.64 bits per heavy atom. The van der Waals surface area contributed by atoms with Crippen LogP contribution in [0.1, 0.15) is 31.4 Å². The summed E-state index contributed by atoms with van der Waals surface area (Å²) in [5.41, 5.74) is 3.86. The lowest BCUT2D eigenvalue weighted by Gasteiger charge is -2.12. The third-order valence-corrected chi connectivity index (χ3v) is 4.79. The van der Waals surface area contributed by atoms with E-state index in [0.29, 0.717) is 10.8 Å². The molecular weight excluding hydrogens is 379 g/mol. The molecule has 0 aliphatic heterocycles. The van der Waals surface area contributed by atoms with Crippen LogP contribution in [-0.4, -0.2) is 21.7 Å². The zero-order valence-corrected chi connectivity index (χ0v) is 14.7. The monoisotopic (exact) mass is 395 g/mol. The van der Waals surface area contributed by atoms with E-state index >= 15 is 0 Å². The van der Waals surface area contributed by atoms with Gasteiger partial charge in [-0.2, -0.15) is 8.78 Å². The van der Waals surface area contributed by atoms with Crippen molar-refractivity contribution >= 4 is 38.8 Å². The lowest BCUT2D eigenvalue weighted by molar-refractivity contribution is 0.0210. The van der Waals surface area contributed by atoms with Crippen molar-refractivity contribution in [2.24, 2.45) is 0 Å². The molecular formula is C15H17BrF3NOS. The van der Waals surface area contributed by atoms with Gasteiger partial charge in [0.25, 0.3) is 5.22 Å². The van der Waals surface area contributed by atoms with Crippen LogP contribution in [0.25, 0.3) is 11.1 Å². The molecule has 2 rings (SSSR count). The minimum absolute atomic E-state index is 0.178. The van der Waals surface area contributed by atoms with Gasteiger partial charge in [0, 0.05) is 5.75 Å². The van der Waals surface area contributed by atoms with Crippen LogP contribution in [0.2, 0.25) is 0 Å². The Morgan fingerprint density at radius 2 is 2.05 bits per heavy atom. The molecule has 1 aromatic heterocycles. The fourth-order valence-corrected chi connectivity index (χ4v) is 3.30. The van der Waals surface area contributed by atoms with Crippen molar-refractivity contribution in [1.29, 1.82) is 0 Å². The van der Waals surface area contributed by atoms with Crippen LogP contribution in [0.15, 0.2) is 21.8 Å². The molecule has 7 heteroatoms. The lowest BCUT2D eigenvalue weighted by Crippen LogP contribution is -2.22. The number of nitrogens with zero attached hydrogens (tertiary/aromatic N) is 1. The van der Waals surface area contributed by atoms with E-state index in [1.54, 1.807) is 0 Å². The quantitative estimate of drug-likeness (QED) is 0.440. The number of hydrogen-bond acceptors (Lipinski definition) is 3. The Hall–Kier alpha value is -0.690. The molecule has 0 fully saturated rings. The van der Waals surface area contributed by atoms with Gasteiger partial charge in [0.2, 0.25) is 0 Å². The first-order valence-corrected chi connectivity index (χ1v) is 8.89. The molecule has 0 bridgehead atoms. The smallest absolute Gasteiger partial charge is 0.331 e. The summed E-state index contributed by atoms with van der Waals surface area (Å²) in [6, 6.07) is 3.89. The third-order valence-electron chi connectivity index (χ3n) is 3.43. The van der Waals surface area contributed by atoms with Gasteiger partial charge in [-0.1, -0.05) is 31.7 Å². The summed E-state index contributed by atoms with van der Waals surface area (Å²) in [7, 11) is 0. The predicted octanol–water partition coefficient (Wildman–Crippen LogP) is 5.76. The Labute approximate surface area is 140 Å². The molecule has 0 aliphatic carbocycles. The first-order chi connectivity index (χ1) is 10.4. The summed E-state index contributed by atoms with van der Waals surface area (Å²) in [5.74, 6) is 0.178. The van der Waals surface area contributed by atoms with Gasteiger partial charge in [0.05, 0.1) is 0 Å². The van der Waals surface area contributed by atoms with Crippen LogP contribution < -0.4 is 0 Å². The highest BCUT2D eigenvalue weighted by atomic mass is 79.9. The normalized spacial score (nSPS) is 13.7. The van der Waals surface area contributed by atoms with Crippen molar-refractivity contribution in [2.75, 3.05) is 5.75 Å². The number of hydrogen-bond donors (Lipinski definition) is 0. The largest absolute Gasteiger partial charge is 0.431 e. The van der Waals surface area contributed by atoms with E-state index in [-0.39, 0.29) is 12.2 Å². The highest BCUT2D eigenvalue weighted by Crippen LogP contribution is 2.33. The highest BCUT2D eigenvalue weighted by molar-refractivity contribution is 9.10. The Balaban J connectivity index is 2.10. The van der Waals surface area contributed by atoms with E-state index < -0.39 is 11.0 Å². The average molecular weight is 396 g/mol. The number of alkyl halides is 4. The zero-order valence-electron chi connectivity index (χ0n) is 12.3. The van der Waals surface area contributed by atoms with Gasteiger partial charge in [0.1, 0.15) is 5.52 Å². The summed E-state index contributed by atoms with van der Waals surface area (Å²) < 4.78 is 44.1. The maximum Gasteiger partial charge on any atom is 0.331 e. The predicted molar refractivity (Wildman–Crippen MR) is 86.9 cm³/mol. The fourth-order valence-electron chi connectivity index (χ4n) is 2.27. The van der Waals surface area contributed by atoms with E-state index in [9.17, 15) is 13.2 Å². The minimum Gasteiger partial charge on any atom is -0.431 e. The number of benzene rings is 1. The van der Waals surface area contributed by atoms with E-state index in [0.717, 1.165) is 35.7 Å². The zero-order chi connectivity index (χ0) is 16.3. The van der Waals surface area contributed by atoms with Crippen molar-refractivity contribution in [3.63, 3.8) is 0 Å². The number of aryl methyl sites for hydroxylation is 2. The van der Waals surface area contributed by atoms with Crippen molar-refractivity contribution in [1.82, 2.24) is 4.98 Å². The van der Waals surface area contributed by atoms with E-state index in [1.165, 1.54) is 5.56 Å². The van der Waals surface area contributed by atoms with Gasteiger partial charge in [-0.3, -0.25) is 0 Å². The molecule has 1 heterocycles. The van der Waals surface area contributed by atoms with Gasteiger partial charge in [-0.15, -0.1) is 0 Å². The highest BCUT2D eigenvalue weighted by Gasteiger charge is 2.36. The van der Waals surface area contributed by atoms with Crippen molar-refractivity contribution in [3.8, 4) is 0 Å². The molecule has 0 N–H and O–H groups in total. The molecule has 22 heavy (non-hydrogen) atoms. The molecule has 1 aromatic carbocycles. The molecule has 2 nitrogen and oxygen atoms in total. The Kier molecular flexibility index (Phi) is 5.82. The average Bonchev–Trinajstić information content (AvgIpc) is 2.87. The first kappa shape index (κ1) is 17.7. The van der Waals surface area contributed by atoms with Gasteiger partial charge in [-0.25, -0.2) is 9.37 Å². The van der Waals surface area contributed by atoms with Gasteiger partial charge in [0.15, 0.2) is 11.8 Å². The minimum atomic E-state index is -3.49. The van der Waals surface area contributed by atoms with Crippen molar-refractivity contribution < 1.29 is 17.6 Å². The van der Waals surface area contributed by atoms with Crippen LogP contribution in [0.3, 0.4) is 0 Å². The van der Waals surface area contributed by atoms with Gasteiger partial charge < -0.3 is 4.42 Å². The van der Waals surface area contributed by atoms with Crippen LogP contribution >= 0.6 is 27.7 Å². The van der Waals surface area contributed by atoms with Crippen molar-refractivity contribution in [3.05, 3.63) is 23.3 Å². The van der Waals surface area contributed by atoms with Crippen LogP contribution in [-0.2, 0) is 12.8 Å². The molecule has 122 valence electrons. The SMILES string of the molecule is CCc1ccc2oc(SCCC(F)C(F)(F)Br)nc2c1CC. The summed E-state index contributed by atoms with van der Waals surface area (Å²) in [4.78, 5) is 0.940. The van der Waals surface area contributed by atoms with E-state index in [1.807, 2.05) is 28.1 Å². The number of rotatable bonds is 7. The molecule has 0 radical (unpaired) electrons. The lowest BCUT2D eigenvalue weighted by atomic mass is 10.0. The standard InChI is InChI=1S/C15H17BrF3NOS/c1-3-9-5-6-11-13(10(9)4-2)20-14(21-11)22-8-7-12(17)15(16,18)19/h5-6,12H,3-4,7-8H2,1-2H3. The molecule has 1 unspecified atom stereocenters. The van der Waals surface area contributed by atoms with Gasteiger partial charge in [-0.05, 0) is 52.4 Å². The molecule has 0 spiro atoms. The number of halogens is 4. The number of aromatic nitrogens is 1. The maximum absolute atomic E-state index is 13.2. The summed E-state index contributed by atoms with van der Waals surface area (Å²) in [6.45, 7) is 4.14. The summed E-state index contributed by atoms with van der Waals surface area (Å²) >= 11 is 3.19. The molecule has 2 aromatic rings. The molecule has 0 saturated heterocycles. The number of thioether (sulfide) groups is 1. The summed E-state index contributed by atoms with van der Waals surface area (Å²) in [6.07, 6.45) is -0.734. The Morgan fingerprint density at radius 1 is 1.32 bits per heavy atom. The topological polar surface area (TPSA) is 26.0 Å². The number of fused-ring (bicyclic) bond motifs is 1. The first-order valence-electron chi connectivity index (χ1n) is 7.11. The summed E-state index contributed by atoms with van der Waals surface area (Å²) in [5, 5.41) is 0.392. The maximum atomic E-state index is 13.2. The third kappa shape index (κ3) is 3.98. The van der Waals surface area contributed by atoms with Crippen LogP contribution in [0, 0.1) is 0 Å². The molecule has 1 atom stereocenters. The van der Waals surface area contributed by atoms with Gasteiger partial charge >= 0.3 is 4.83 Å². The molecule has 0 saturated carbocycles. The second-order valence-electron chi connectivity index (χ2n) is 4.88. The second kappa shape index (κ2) is 7.25. The molecule has 0 aliphatic rings. The Bertz CT molecular complexity index is 641. The molecule has 0 amide bonds. The van der Waals surface area contributed by atoms with E-state index in [2.05, 4.69) is 18.8 Å². The van der Waals surface area contributed by atoms with Crippen LogP contribution in [0.4, 0.5) is 13.2 Å². The van der Waals surface area contributed by atoms with E-state index in [4.69, 9.17) is 4.42 Å². The second-order valence-corrected chi connectivity index (χ2v) is 6.99. The van der Waals surface area contributed by atoms with Crippen LogP contribution in [0.5, 0.6) is 0 Å².